The van der Waals surface area contributed by atoms with Gasteiger partial charge in [-0.05, 0) is 149 Å². The third-order valence-electron chi connectivity index (χ3n) is 15.7. The standard InChI is InChI=1S/C72H60N2Si2/c1-75(2,3)61-39-33-57(34-40-61)73(69-27-15-23-51-19-11-13-25-63(51)69)59-37-43-65-67(47-59)71(55-31-29-49-17-7-9-21-53(49)45-55)66-44-38-60(48-68(66)72(65)56-32-30-50-18-8-10-22-54(50)46-56)74(58-35-41-62(42-36-58)76(4,5)6)70-28-16-24-52-20-12-14-26-64(52)70/h7-48H,1-6H3. The predicted octanol–water partition coefficient (Wildman–Crippen LogP) is 20.0. The van der Waals surface area contributed by atoms with Crippen molar-refractivity contribution in [3.63, 3.8) is 0 Å². The van der Waals surface area contributed by atoms with Gasteiger partial charge in [0.1, 0.15) is 0 Å². The van der Waals surface area contributed by atoms with Gasteiger partial charge in [0, 0.05) is 33.5 Å². The minimum atomic E-state index is -1.57. The van der Waals surface area contributed by atoms with E-state index in [4.69, 9.17) is 0 Å². The first-order chi connectivity index (χ1) is 36.9. The van der Waals surface area contributed by atoms with Gasteiger partial charge in [-0.3, -0.25) is 0 Å². The second-order valence-electron chi connectivity index (χ2n) is 22.6. The van der Waals surface area contributed by atoms with Crippen molar-refractivity contribution in [3.8, 4) is 22.3 Å². The van der Waals surface area contributed by atoms with Crippen molar-refractivity contribution < 1.29 is 0 Å². The van der Waals surface area contributed by atoms with Gasteiger partial charge in [0.25, 0.3) is 0 Å². The fourth-order valence-corrected chi connectivity index (χ4v) is 14.0. The summed E-state index contributed by atoms with van der Waals surface area (Å²) in [5, 5.41) is 17.4. The van der Waals surface area contributed by atoms with Gasteiger partial charge in [-0.2, -0.15) is 0 Å². The van der Waals surface area contributed by atoms with Crippen LogP contribution in [0.1, 0.15) is 0 Å². The van der Waals surface area contributed by atoms with Crippen LogP contribution in [0.5, 0.6) is 0 Å². The fourth-order valence-electron chi connectivity index (χ4n) is 11.7. The van der Waals surface area contributed by atoms with Crippen LogP contribution >= 0.6 is 0 Å². The van der Waals surface area contributed by atoms with Crippen LogP contribution in [-0.4, -0.2) is 16.1 Å². The topological polar surface area (TPSA) is 6.48 Å². The quantitative estimate of drug-likeness (QED) is 0.0995. The number of benzene rings is 13. The molecule has 0 bridgehead atoms. The molecule has 0 unspecified atom stereocenters. The molecule has 0 saturated heterocycles. The van der Waals surface area contributed by atoms with Crippen LogP contribution in [-0.2, 0) is 0 Å². The highest BCUT2D eigenvalue weighted by Crippen LogP contribution is 2.50. The van der Waals surface area contributed by atoms with Crippen molar-refractivity contribution in [1.29, 1.82) is 0 Å². The zero-order chi connectivity index (χ0) is 51.7. The predicted molar refractivity (Wildman–Crippen MR) is 338 cm³/mol. The third kappa shape index (κ3) is 8.44. The summed E-state index contributed by atoms with van der Waals surface area (Å²) in [4.78, 5) is 4.97. The lowest BCUT2D eigenvalue weighted by atomic mass is 9.84. The molecule has 0 radical (unpaired) electrons. The van der Waals surface area contributed by atoms with Gasteiger partial charge >= 0.3 is 0 Å². The molecule has 0 spiro atoms. The molecule has 13 aromatic carbocycles. The van der Waals surface area contributed by atoms with Crippen LogP contribution in [0.4, 0.5) is 34.1 Å². The normalized spacial score (nSPS) is 12.1. The van der Waals surface area contributed by atoms with Crippen LogP contribution in [0.25, 0.3) is 86.9 Å². The molecule has 366 valence electrons. The highest BCUT2D eigenvalue weighted by molar-refractivity contribution is 6.89. The molecule has 0 aromatic heterocycles. The lowest BCUT2D eigenvalue weighted by Gasteiger charge is -2.30. The molecule has 0 amide bonds. The number of hydrogen-bond donors (Lipinski definition) is 0. The monoisotopic (exact) mass is 1010 g/mol. The van der Waals surface area contributed by atoms with Gasteiger partial charge < -0.3 is 9.80 Å². The molecule has 0 aliphatic carbocycles. The van der Waals surface area contributed by atoms with E-state index in [1.807, 2.05) is 0 Å². The summed E-state index contributed by atoms with van der Waals surface area (Å²) >= 11 is 0. The summed E-state index contributed by atoms with van der Waals surface area (Å²) in [6.07, 6.45) is 0. The van der Waals surface area contributed by atoms with Gasteiger partial charge in [0.15, 0.2) is 0 Å². The fraction of sp³-hybridized carbons (Fsp3) is 0.0833. The maximum absolute atomic E-state index is 2.48. The first kappa shape index (κ1) is 47.2. The van der Waals surface area contributed by atoms with Crippen LogP contribution in [0.3, 0.4) is 0 Å². The first-order valence-electron chi connectivity index (χ1n) is 26.7. The molecule has 0 atom stereocenters. The Bertz CT molecular complexity index is 4080. The third-order valence-corrected chi connectivity index (χ3v) is 19.8. The molecule has 13 rings (SSSR count). The summed E-state index contributed by atoms with van der Waals surface area (Å²) < 4.78 is 0. The largest absolute Gasteiger partial charge is 0.310 e. The number of hydrogen-bond acceptors (Lipinski definition) is 2. The maximum atomic E-state index is 2.48. The molecule has 0 aliphatic rings. The molecule has 13 aromatic rings. The molecule has 0 N–H and O–H groups in total. The van der Waals surface area contributed by atoms with E-state index in [2.05, 4.69) is 304 Å². The average molecular weight is 1010 g/mol. The van der Waals surface area contributed by atoms with E-state index < -0.39 is 16.1 Å². The van der Waals surface area contributed by atoms with E-state index in [9.17, 15) is 0 Å². The maximum Gasteiger partial charge on any atom is 0.0775 e. The molecule has 0 aliphatic heterocycles. The van der Waals surface area contributed by atoms with Crippen molar-refractivity contribution >= 4 is 125 Å². The lowest BCUT2D eigenvalue weighted by Crippen LogP contribution is -2.37. The van der Waals surface area contributed by atoms with Gasteiger partial charge in [-0.1, -0.05) is 232 Å². The van der Waals surface area contributed by atoms with Crippen LogP contribution < -0.4 is 20.2 Å². The Morgan fingerprint density at radius 3 is 0.974 bits per heavy atom. The SMILES string of the molecule is C[Si](C)(C)c1ccc(N(c2ccc3c(-c4ccc5ccccc5c4)c4cc(N(c5ccc([Si](C)(C)C)cc5)c5cccc6ccccc56)ccc4c(-c4ccc5ccccc5c4)c3c2)c2cccc3ccccc23)cc1. The highest BCUT2D eigenvalue weighted by atomic mass is 28.3. The summed E-state index contributed by atoms with van der Waals surface area (Å²) in [5.41, 5.74) is 11.6. The summed E-state index contributed by atoms with van der Waals surface area (Å²) in [6, 6.07) is 96.0. The van der Waals surface area contributed by atoms with E-state index in [1.54, 1.807) is 0 Å². The zero-order valence-corrected chi connectivity index (χ0v) is 46.1. The van der Waals surface area contributed by atoms with Gasteiger partial charge in [0.2, 0.25) is 0 Å². The van der Waals surface area contributed by atoms with Crippen molar-refractivity contribution in [3.05, 3.63) is 255 Å². The van der Waals surface area contributed by atoms with Crippen molar-refractivity contribution in [2.24, 2.45) is 0 Å². The minimum Gasteiger partial charge on any atom is -0.310 e. The Morgan fingerprint density at radius 2 is 0.579 bits per heavy atom. The summed E-state index contributed by atoms with van der Waals surface area (Å²) in [6.45, 7) is 14.6. The second-order valence-corrected chi connectivity index (χ2v) is 32.7. The number of anilines is 6. The van der Waals surface area contributed by atoms with Gasteiger partial charge in [-0.25, -0.2) is 0 Å². The molecule has 0 heterocycles. The number of rotatable bonds is 10. The summed E-state index contributed by atoms with van der Waals surface area (Å²) in [5.74, 6) is 0. The van der Waals surface area contributed by atoms with E-state index in [1.165, 1.54) is 97.3 Å². The second kappa shape index (κ2) is 18.7. The Labute approximate surface area is 448 Å². The average Bonchev–Trinajstić information content (AvgIpc) is 3.57. The van der Waals surface area contributed by atoms with Gasteiger partial charge in [0.05, 0.1) is 27.5 Å². The van der Waals surface area contributed by atoms with E-state index >= 15 is 0 Å². The Kier molecular flexibility index (Phi) is 11.6. The molecular weight excluding hydrogens is 949 g/mol. The Hall–Kier alpha value is -8.55. The molecule has 0 fully saturated rings. The van der Waals surface area contributed by atoms with E-state index in [0.717, 1.165) is 34.1 Å². The van der Waals surface area contributed by atoms with Crippen LogP contribution in [0.15, 0.2) is 255 Å². The minimum absolute atomic E-state index is 1.11. The Balaban J connectivity index is 1.14. The number of nitrogens with zero attached hydrogens (tertiary/aromatic N) is 2. The molecule has 76 heavy (non-hydrogen) atoms. The highest BCUT2D eigenvalue weighted by Gasteiger charge is 2.25. The molecular formula is C72H60N2Si2. The molecule has 4 heteroatoms. The van der Waals surface area contributed by atoms with E-state index in [-0.39, 0.29) is 0 Å². The Morgan fingerprint density at radius 1 is 0.237 bits per heavy atom. The molecule has 0 saturated carbocycles. The van der Waals surface area contributed by atoms with Gasteiger partial charge in [-0.15, -0.1) is 0 Å². The lowest BCUT2D eigenvalue weighted by molar-refractivity contribution is 1.30. The van der Waals surface area contributed by atoms with Crippen molar-refractivity contribution in [2.75, 3.05) is 9.80 Å². The molecule has 2 nitrogen and oxygen atoms in total. The van der Waals surface area contributed by atoms with Crippen LogP contribution in [0, 0.1) is 0 Å². The van der Waals surface area contributed by atoms with E-state index in [0.29, 0.717) is 0 Å². The zero-order valence-electron chi connectivity index (χ0n) is 44.1. The first-order valence-corrected chi connectivity index (χ1v) is 33.7. The number of fused-ring (bicyclic) bond motifs is 6. The van der Waals surface area contributed by atoms with Crippen LogP contribution in [0.2, 0.25) is 39.3 Å². The van der Waals surface area contributed by atoms with Crippen molar-refractivity contribution in [1.82, 2.24) is 0 Å². The summed E-state index contributed by atoms with van der Waals surface area (Å²) in [7, 11) is -3.14. The van der Waals surface area contributed by atoms with Crippen molar-refractivity contribution in [2.45, 2.75) is 39.3 Å². The smallest absolute Gasteiger partial charge is 0.0775 e.